The van der Waals surface area contributed by atoms with Gasteiger partial charge in [-0.1, -0.05) is 6.92 Å². The first-order valence-corrected chi connectivity index (χ1v) is 6.62. The van der Waals surface area contributed by atoms with E-state index >= 15 is 0 Å². The number of hydrogen-bond acceptors (Lipinski definition) is 3. The highest BCUT2D eigenvalue weighted by atomic mass is 16.3. The molecular formula is C14H26N2O. The number of aryl methyl sites for hydroxylation is 1. The first-order chi connectivity index (χ1) is 8.13. The van der Waals surface area contributed by atoms with Crippen LogP contribution in [0.1, 0.15) is 38.7 Å². The summed E-state index contributed by atoms with van der Waals surface area (Å²) in [7, 11) is 2.17. The van der Waals surface area contributed by atoms with Crippen LogP contribution in [0.15, 0.2) is 16.5 Å². The summed E-state index contributed by atoms with van der Waals surface area (Å²) in [6, 6.07) is 4.75. The lowest BCUT2D eigenvalue weighted by molar-refractivity contribution is 0.269. The summed E-state index contributed by atoms with van der Waals surface area (Å²) < 4.78 is 5.63. The van der Waals surface area contributed by atoms with Gasteiger partial charge in [0.05, 0.1) is 6.54 Å². The van der Waals surface area contributed by atoms with Gasteiger partial charge < -0.3 is 14.6 Å². The Hall–Kier alpha value is -0.800. The molecule has 0 atom stereocenters. The molecule has 3 heteroatoms. The molecule has 98 valence electrons. The van der Waals surface area contributed by atoms with E-state index in [0.717, 1.165) is 37.6 Å². The second-order valence-electron chi connectivity index (χ2n) is 4.83. The summed E-state index contributed by atoms with van der Waals surface area (Å²) >= 11 is 0. The van der Waals surface area contributed by atoms with Crippen molar-refractivity contribution in [2.45, 2.75) is 46.2 Å². The van der Waals surface area contributed by atoms with Gasteiger partial charge in [-0.25, -0.2) is 0 Å². The maximum absolute atomic E-state index is 5.63. The molecule has 17 heavy (non-hydrogen) atoms. The minimum atomic E-state index is 0.632. The van der Waals surface area contributed by atoms with Crippen LogP contribution in [-0.2, 0) is 13.0 Å². The summed E-state index contributed by atoms with van der Waals surface area (Å²) in [5, 5.41) is 3.41. The molecule has 0 aromatic carbocycles. The van der Waals surface area contributed by atoms with Gasteiger partial charge in [0, 0.05) is 12.5 Å². The van der Waals surface area contributed by atoms with Crippen molar-refractivity contribution in [3.63, 3.8) is 0 Å². The minimum Gasteiger partial charge on any atom is -0.465 e. The molecule has 0 aliphatic heterocycles. The zero-order valence-electron chi connectivity index (χ0n) is 11.6. The molecule has 1 heterocycles. The Balaban J connectivity index is 2.08. The first-order valence-electron chi connectivity index (χ1n) is 6.62. The van der Waals surface area contributed by atoms with Crippen LogP contribution in [-0.4, -0.2) is 31.1 Å². The van der Waals surface area contributed by atoms with E-state index in [1.807, 2.05) is 0 Å². The van der Waals surface area contributed by atoms with Crippen LogP contribution in [0.3, 0.4) is 0 Å². The van der Waals surface area contributed by atoms with Crippen LogP contribution >= 0.6 is 0 Å². The molecule has 1 N–H and O–H groups in total. The number of nitrogens with one attached hydrogen (secondary N) is 1. The zero-order valence-corrected chi connectivity index (χ0v) is 11.6. The Labute approximate surface area is 105 Å². The lowest BCUT2D eigenvalue weighted by atomic mass is 10.3. The predicted molar refractivity (Wildman–Crippen MR) is 72.2 cm³/mol. The lowest BCUT2D eigenvalue weighted by Gasteiger charge is -2.20. The van der Waals surface area contributed by atoms with E-state index in [9.17, 15) is 0 Å². The molecule has 0 aliphatic rings. The molecule has 1 rings (SSSR count). The molecule has 0 fully saturated rings. The SMILES string of the molecule is CCc1ccc(CNCCCN(C)C(C)C)o1. The van der Waals surface area contributed by atoms with Crippen LogP contribution < -0.4 is 5.32 Å². The molecule has 0 saturated carbocycles. The summed E-state index contributed by atoms with van der Waals surface area (Å²) in [6.07, 6.45) is 2.15. The zero-order chi connectivity index (χ0) is 12.7. The highest BCUT2D eigenvalue weighted by molar-refractivity contribution is 5.06. The van der Waals surface area contributed by atoms with E-state index in [0.29, 0.717) is 6.04 Å². The largest absolute Gasteiger partial charge is 0.465 e. The van der Waals surface area contributed by atoms with Gasteiger partial charge in [0.1, 0.15) is 11.5 Å². The van der Waals surface area contributed by atoms with Gasteiger partial charge in [-0.05, 0) is 52.5 Å². The molecule has 0 unspecified atom stereocenters. The summed E-state index contributed by atoms with van der Waals surface area (Å²) in [5.74, 6) is 2.11. The van der Waals surface area contributed by atoms with Crippen molar-refractivity contribution >= 4 is 0 Å². The van der Waals surface area contributed by atoms with Gasteiger partial charge in [0.25, 0.3) is 0 Å². The Kier molecular flexibility index (Phi) is 6.30. The van der Waals surface area contributed by atoms with Gasteiger partial charge in [-0.3, -0.25) is 0 Å². The third-order valence-electron chi connectivity index (χ3n) is 3.11. The van der Waals surface area contributed by atoms with E-state index in [2.05, 4.69) is 50.2 Å². The fourth-order valence-corrected chi connectivity index (χ4v) is 1.63. The summed E-state index contributed by atoms with van der Waals surface area (Å²) in [4.78, 5) is 2.36. The van der Waals surface area contributed by atoms with Gasteiger partial charge in [0.2, 0.25) is 0 Å². The summed E-state index contributed by atoms with van der Waals surface area (Å²) in [5.41, 5.74) is 0. The Morgan fingerprint density at radius 1 is 1.29 bits per heavy atom. The van der Waals surface area contributed by atoms with Gasteiger partial charge in [-0.15, -0.1) is 0 Å². The molecule has 1 aromatic rings. The third-order valence-corrected chi connectivity index (χ3v) is 3.11. The molecule has 3 nitrogen and oxygen atoms in total. The van der Waals surface area contributed by atoms with Crippen molar-refractivity contribution in [1.29, 1.82) is 0 Å². The smallest absolute Gasteiger partial charge is 0.117 e. The molecule has 0 saturated heterocycles. The van der Waals surface area contributed by atoms with Gasteiger partial charge >= 0.3 is 0 Å². The van der Waals surface area contributed by atoms with E-state index in [1.165, 1.54) is 6.42 Å². The standard InChI is InChI=1S/C14H26N2O/c1-5-13-7-8-14(17-13)11-15-9-6-10-16(4)12(2)3/h7-8,12,15H,5-6,9-11H2,1-4H3. The molecule has 1 aromatic heterocycles. The normalized spacial score (nSPS) is 11.6. The van der Waals surface area contributed by atoms with E-state index in [4.69, 9.17) is 4.42 Å². The second-order valence-corrected chi connectivity index (χ2v) is 4.83. The van der Waals surface area contributed by atoms with Crippen LogP contribution in [0.5, 0.6) is 0 Å². The van der Waals surface area contributed by atoms with Crippen molar-refractivity contribution in [3.05, 3.63) is 23.7 Å². The van der Waals surface area contributed by atoms with E-state index < -0.39 is 0 Å². The van der Waals surface area contributed by atoms with Crippen LogP contribution in [0, 0.1) is 0 Å². The Bertz CT molecular complexity index is 307. The lowest BCUT2D eigenvalue weighted by Crippen LogP contribution is -2.29. The average Bonchev–Trinajstić information content (AvgIpc) is 2.76. The van der Waals surface area contributed by atoms with Gasteiger partial charge in [-0.2, -0.15) is 0 Å². The molecule has 0 radical (unpaired) electrons. The first kappa shape index (κ1) is 14.3. The molecule has 0 bridgehead atoms. The van der Waals surface area contributed by atoms with Crippen molar-refractivity contribution < 1.29 is 4.42 Å². The molecule has 0 spiro atoms. The average molecular weight is 238 g/mol. The van der Waals surface area contributed by atoms with Crippen LogP contribution in [0.4, 0.5) is 0 Å². The van der Waals surface area contributed by atoms with Crippen molar-refractivity contribution in [2.75, 3.05) is 20.1 Å². The quantitative estimate of drug-likeness (QED) is 0.706. The number of hydrogen-bond donors (Lipinski definition) is 1. The van der Waals surface area contributed by atoms with Crippen molar-refractivity contribution in [1.82, 2.24) is 10.2 Å². The number of nitrogens with zero attached hydrogens (tertiary/aromatic N) is 1. The van der Waals surface area contributed by atoms with Crippen LogP contribution in [0.25, 0.3) is 0 Å². The van der Waals surface area contributed by atoms with E-state index in [1.54, 1.807) is 0 Å². The van der Waals surface area contributed by atoms with Crippen molar-refractivity contribution in [2.24, 2.45) is 0 Å². The second kappa shape index (κ2) is 7.51. The fourth-order valence-electron chi connectivity index (χ4n) is 1.63. The Morgan fingerprint density at radius 3 is 2.59 bits per heavy atom. The number of furan rings is 1. The predicted octanol–water partition coefficient (Wildman–Crippen LogP) is 2.66. The summed E-state index contributed by atoms with van der Waals surface area (Å²) in [6.45, 7) is 9.58. The molecular weight excluding hydrogens is 212 g/mol. The monoisotopic (exact) mass is 238 g/mol. The van der Waals surface area contributed by atoms with Gasteiger partial charge in [0.15, 0.2) is 0 Å². The fraction of sp³-hybridized carbons (Fsp3) is 0.714. The maximum atomic E-state index is 5.63. The highest BCUT2D eigenvalue weighted by Gasteiger charge is 2.02. The number of rotatable bonds is 8. The maximum Gasteiger partial charge on any atom is 0.117 e. The van der Waals surface area contributed by atoms with Crippen LogP contribution in [0.2, 0.25) is 0 Å². The third kappa shape index (κ3) is 5.37. The molecule has 0 aliphatic carbocycles. The topological polar surface area (TPSA) is 28.4 Å². The minimum absolute atomic E-state index is 0.632. The van der Waals surface area contributed by atoms with E-state index in [-0.39, 0.29) is 0 Å². The molecule has 0 amide bonds. The Morgan fingerprint density at radius 2 is 2.00 bits per heavy atom. The van der Waals surface area contributed by atoms with Crippen molar-refractivity contribution in [3.8, 4) is 0 Å². The highest BCUT2D eigenvalue weighted by Crippen LogP contribution is 2.07.